The number of halogens is 1. The standard InChI is InChI=1S/C29H33ClN8O3.C5H11N.C2H2/c1-41-29(40)36-22-8-9-23-19-12-14-34-26(16-19)24(5-3-2-4-13-33-25(23)17-22)37-28(39)11-6-20-15-21(30)7-10-27(20)38(32)18-35-31;1-6-4-2-3-5-6;1-2/h6-12,14-18,24,33H,2-5,13,31-32H2,1H3,(H,36,40)(H,37,39);2-5H2,1H3;1-2H/b11-6+,35-18-;;/t24-;;/m0../s1. The molecule has 12 nitrogen and oxygen atoms in total. The molecule has 13 heteroatoms. The van der Waals surface area contributed by atoms with E-state index in [0.29, 0.717) is 22.0 Å². The number of amides is 2. The maximum Gasteiger partial charge on any atom is 0.411 e. The van der Waals surface area contributed by atoms with Gasteiger partial charge in [0.25, 0.3) is 0 Å². The van der Waals surface area contributed by atoms with Crippen LogP contribution in [0, 0.1) is 12.8 Å². The summed E-state index contributed by atoms with van der Waals surface area (Å²) >= 11 is 6.18. The molecular weight excluding hydrogens is 642 g/mol. The third-order valence-electron chi connectivity index (χ3n) is 7.90. The second-order valence-corrected chi connectivity index (χ2v) is 11.8. The molecule has 260 valence electrons. The average Bonchev–Trinajstić information content (AvgIpc) is 3.60. The minimum absolute atomic E-state index is 0.281. The van der Waals surface area contributed by atoms with Crippen LogP contribution in [-0.4, -0.2) is 62.0 Å². The molecule has 0 spiro atoms. The Morgan fingerprint density at radius 1 is 1.10 bits per heavy atom. The molecule has 1 fully saturated rings. The SMILES string of the molecule is C#C.CN1CCCC1.COC(=O)Nc1ccc2c(c1)NCCCCC[C@H](NC(=O)/C=C/c1cc(Cl)ccc1N(N)/C=N\N)c1cc-2ccn1. The highest BCUT2D eigenvalue weighted by molar-refractivity contribution is 6.30. The fraction of sp³-hybridized carbons (Fsp3) is 0.333. The van der Waals surface area contributed by atoms with Gasteiger partial charge >= 0.3 is 6.09 Å². The van der Waals surface area contributed by atoms with Crippen LogP contribution in [0.5, 0.6) is 0 Å². The Hall–Kier alpha value is -5.09. The Morgan fingerprint density at radius 3 is 2.57 bits per heavy atom. The molecule has 1 aromatic heterocycles. The number of carbonyl (C=O) groups is 2. The van der Waals surface area contributed by atoms with Crippen LogP contribution < -0.4 is 32.6 Å². The summed E-state index contributed by atoms with van der Waals surface area (Å²) in [7, 11) is 3.50. The van der Waals surface area contributed by atoms with Gasteiger partial charge in [-0.3, -0.25) is 20.1 Å². The number of aromatic nitrogens is 1. The summed E-state index contributed by atoms with van der Waals surface area (Å²) in [6, 6.07) is 14.4. The molecule has 0 saturated carbocycles. The molecule has 2 aliphatic rings. The molecule has 5 rings (SSSR count). The van der Waals surface area contributed by atoms with E-state index in [2.05, 4.69) is 50.8 Å². The number of nitrogens with one attached hydrogen (secondary N) is 3. The number of likely N-dealkylation sites (tertiary alicyclic amines) is 1. The number of nitrogens with two attached hydrogens (primary N) is 2. The quantitative estimate of drug-likeness (QED) is 0.0524. The number of benzene rings is 2. The molecule has 0 unspecified atom stereocenters. The van der Waals surface area contributed by atoms with Gasteiger partial charge in [0.1, 0.15) is 6.34 Å². The minimum atomic E-state index is -0.534. The second kappa shape index (κ2) is 20.3. The van der Waals surface area contributed by atoms with Crippen molar-refractivity contribution in [2.75, 3.05) is 49.4 Å². The summed E-state index contributed by atoms with van der Waals surface area (Å²) in [5.41, 5.74) is 5.34. The van der Waals surface area contributed by atoms with Gasteiger partial charge in [0, 0.05) is 46.3 Å². The lowest BCUT2D eigenvalue weighted by Crippen LogP contribution is -2.30. The summed E-state index contributed by atoms with van der Waals surface area (Å²) in [5, 5.41) is 14.5. The molecule has 2 amide bonds. The number of nitrogens with zero attached hydrogens (tertiary/aromatic N) is 4. The zero-order valence-electron chi connectivity index (χ0n) is 28.1. The van der Waals surface area contributed by atoms with Gasteiger partial charge < -0.3 is 26.1 Å². The van der Waals surface area contributed by atoms with Crippen LogP contribution in [0.3, 0.4) is 0 Å². The van der Waals surface area contributed by atoms with Crippen molar-refractivity contribution in [2.24, 2.45) is 16.8 Å². The van der Waals surface area contributed by atoms with Crippen molar-refractivity contribution in [3.8, 4) is 24.0 Å². The van der Waals surface area contributed by atoms with Gasteiger partial charge in [-0.15, -0.1) is 12.8 Å². The van der Waals surface area contributed by atoms with Gasteiger partial charge in [0.15, 0.2) is 0 Å². The molecule has 1 atom stereocenters. The van der Waals surface area contributed by atoms with Crippen LogP contribution in [0.2, 0.25) is 5.02 Å². The Bertz CT molecular complexity index is 1610. The zero-order valence-corrected chi connectivity index (χ0v) is 28.8. The van der Waals surface area contributed by atoms with E-state index in [0.717, 1.165) is 54.7 Å². The summed E-state index contributed by atoms with van der Waals surface area (Å²) in [4.78, 5) is 31.8. The molecule has 2 aliphatic heterocycles. The van der Waals surface area contributed by atoms with Crippen molar-refractivity contribution < 1.29 is 14.3 Å². The summed E-state index contributed by atoms with van der Waals surface area (Å²) in [6.45, 7) is 3.40. The van der Waals surface area contributed by atoms with E-state index in [1.807, 2.05) is 30.3 Å². The van der Waals surface area contributed by atoms with Crippen molar-refractivity contribution in [1.82, 2.24) is 15.2 Å². The molecule has 2 aromatic carbocycles. The van der Waals surface area contributed by atoms with Crippen molar-refractivity contribution in [3.05, 3.63) is 77.1 Å². The summed E-state index contributed by atoms with van der Waals surface area (Å²) in [5.74, 6) is 10.9. The van der Waals surface area contributed by atoms with Crippen molar-refractivity contribution >= 4 is 53.1 Å². The van der Waals surface area contributed by atoms with Crippen molar-refractivity contribution in [2.45, 2.75) is 44.6 Å². The number of rotatable bonds is 6. The van der Waals surface area contributed by atoms with Crippen LogP contribution in [0.4, 0.5) is 21.9 Å². The predicted octanol–water partition coefficient (Wildman–Crippen LogP) is 5.98. The highest BCUT2D eigenvalue weighted by Crippen LogP contribution is 2.33. The Balaban J connectivity index is 0.000000722. The number of terminal acetylenes is 1. The fourth-order valence-electron chi connectivity index (χ4n) is 5.45. The van der Waals surface area contributed by atoms with Gasteiger partial charge in [0.2, 0.25) is 5.91 Å². The Kier molecular flexibility index (Phi) is 15.9. The Labute approximate surface area is 293 Å². The number of hydrogen-bond donors (Lipinski definition) is 5. The van der Waals surface area contributed by atoms with E-state index in [1.165, 1.54) is 50.5 Å². The van der Waals surface area contributed by atoms with Gasteiger partial charge in [0.05, 0.1) is 24.5 Å². The number of ether oxygens (including phenoxy) is 1. The third kappa shape index (κ3) is 12.1. The number of carbonyl (C=O) groups excluding carboxylic acids is 2. The summed E-state index contributed by atoms with van der Waals surface area (Å²) in [6.07, 6.45) is 19.9. The largest absolute Gasteiger partial charge is 0.453 e. The van der Waals surface area contributed by atoms with Crippen LogP contribution in [0.15, 0.2) is 65.9 Å². The lowest BCUT2D eigenvalue weighted by molar-refractivity contribution is -0.117. The number of hydrazone groups is 1. The maximum absolute atomic E-state index is 13.1. The third-order valence-corrected chi connectivity index (χ3v) is 8.14. The molecule has 0 radical (unpaired) electrons. The number of anilines is 3. The number of fused-ring (bicyclic) bond motifs is 4. The average molecular weight is 688 g/mol. The number of hydrazine groups is 1. The van der Waals surface area contributed by atoms with E-state index >= 15 is 0 Å². The molecule has 3 heterocycles. The Morgan fingerprint density at radius 2 is 1.88 bits per heavy atom. The fourth-order valence-corrected chi connectivity index (χ4v) is 5.63. The summed E-state index contributed by atoms with van der Waals surface area (Å²) < 4.78 is 4.72. The van der Waals surface area contributed by atoms with Gasteiger partial charge in [-0.05, 0) is 99.9 Å². The van der Waals surface area contributed by atoms with E-state index < -0.39 is 6.09 Å². The van der Waals surface area contributed by atoms with E-state index in [9.17, 15) is 9.59 Å². The molecule has 1 saturated heterocycles. The van der Waals surface area contributed by atoms with Gasteiger partial charge in [-0.25, -0.2) is 10.6 Å². The molecule has 49 heavy (non-hydrogen) atoms. The van der Waals surface area contributed by atoms with Crippen LogP contribution >= 0.6 is 11.6 Å². The first kappa shape index (κ1) is 38.4. The van der Waals surface area contributed by atoms with Crippen molar-refractivity contribution in [3.63, 3.8) is 0 Å². The first-order valence-corrected chi connectivity index (χ1v) is 16.4. The molecule has 2 bridgehead atoms. The number of methoxy groups -OCH3 is 1. The van der Waals surface area contributed by atoms with Crippen LogP contribution in [-0.2, 0) is 9.53 Å². The van der Waals surface area contributed by atoms with E-state index in [1.54, 1.807) is 30.5 Å². The lowest BCUT2D eigenvalue weighted by Gasteiger charge is -2.21. The molecule has 7 N–H and O–H groups in total. The lowest BCUT2D eigenvalue weighted by atomic mass is 9.98. The smallest absolute Gasteiger partial charge is 0.411 e. The van der Waals surface area contributed by atoms with Crippen LogP contribution in [0.1, 0.15) is 55.8 Å². The van der Waals surface area contributed by atoms with Crippen molar-refractivity contribution in [1.29, 1.82) is 0 Å². The maximum atomic E-state index is 13.1. The van der Waals surface area contributed by atoms with Crippen LogP contribution in [0.25, 0.3) is 17.2 Å². The van der Waals surface area contributed by atoms with Gasteiger partial charge in [-0.2, -0.15) is 5.10 Å². The van der Waals surface area contributed by atoms with Gasteiger partial charge in [-0.1, -0.05) is 30.5 Å². The van der Waals surface area contributed by atoms with E-state index in [4.69, 9.17) is 28.0 Å². The number of pyridine rings is 1. The zero-order chi connectivity index (χ0) is 35.6. The highest BCUT2D eigenvalue weighted by Gasteiger charge is 2.18. The predicted molar refractivity (Wildman–Crippen MR) is 200 cm³/mol. The first-order valence-electron chi connectivity index (χ1n) is 16.0. The number of hydrogen-bond acceptors (Lipinski definition) is 9. The highest BCUT2D eigenvalue weighted by atomic mass is 35.5. The minimum Gasteiger partial charge on any atom is -0.453 e. The first-order chi connectivity index (χ1) is 23.8. The second-order valence-electron chi connectivity index (χ2n) is 11.4. The molecule has 0 aliphatic carbocycles. The monoisotopic (exact) mass is 687 g/mol. The topological polar surface area (TPSA) is 163 Å². The molecule has 3 aromatic rings. The molecular formula is C36H46ClN9O3. The normalized spacial score (nSPS) is 15.9. The van der Waals surface area contributed by atoms with E-state index in [-0.39, 0.29) is 11.9 Å².